The first kappa shape index (κ1) is 17.4. The zero-order valence-corrected chi connectivity index (χ0v) is 13.8. The lowest BCUT2D eigenvalue weighted by Gasteiger charge is -2.20. The lowest BCUT2D eigenvalue weighted by atomic mass is 10.2. The summed E-state index contributed by atoms with van der Waals surface area (Å²) in [6.45, 7) is 0.881. The Morgan fingerprint density at radius 2 is 1.75 bits per heavy atom. The molecule has 0 N–H and O–H groups in total. The van der Waals surface area contributed by atoms with E-state index in [9.17, 15) is 13.2 Å². The van der Waals surface area contributed by atoms with Crippen molar-refractivity contribution in [1.82, 2.24) is 9.21 Å². The predicted molar refractivity (Wildman–Crippen MR) is 80.2 cm³/mol. The third kappa shape index (κ3) is 3.71. The Labute approximate surface area is 129 Å². The molecule has 0 aliphatic heterocycles. The first-order valence-corrected chi connectivity index (χ1v) is 7.95. The second-order valence-electron chi connectivity index (χ2n) is 4.52. The largest absolute Gasteiger partial charge is 0.308 e. The van der Waals surface area contributed by atoms with E-state index in [4.69, 9.17) is 23.2 Å². The minimum Gasteiger partial charge on any atom is -0.308 e. The molecule has 1 aromatic carbocycles. The Hall–Kier alpha value is -0.660. The minimum absolute atomic E-state index is 0.0181. The van der Waals surface area contributed by atoms with E-state index in [1.54, 1.807) is 0 Å². The predicted octanol–water partition coefficient (Wildman–Crippen LogP) is 1.99. The molecule has 0 saturated carbocycles. The fraction of sp³-hybridized carbons (Fsp3) is 0.417. The van der Waals surface area contributed by atoms with Gasteiger partial charge in [0, 0.05) is 20.1 Å². The Balaban J connectivity index is 3.19. The molecule has 0 aliphatic rings. The fourth-order valence-electron chi connectivity index (χ4n) is 1.49. The Kier molecular flexibility index (Phi) is 5.97. The highest BCUT2D eigenvalue weighted by atomic mass is 35.5. The summed E-state index contributed by atoms with van der Waals surface area (Å²) < 4.78 is 26.0. The molecule has 0 heterocycles. The van der Waals surface area contributed by atoms with Gasteiger partial charge in [-0.15, -0.1) is 0 Å². The fourth-order valence-corrected chi connectivity index (χ4v) is 3.47. The molecule has 0 atom stereocenters. The molecule has 5 nitrogen and oxygen atoms in total. The molecular formula is C12H16Cl2N2O3S. The molecule has 0 saturated heterocycles. The first-order chi connectivity index (χ1) is 9.21. The standard InChI is InChI=1S/C12H16Cl2N2O3S/c1-15(2)6-7-16(3)20(18,19)11-5-4-10(13)9(8-17)12(11)14/h4-5,8H,6-7H2,1-3H3. The molecular weight excluding hydrogens is 323 g/mol. The van der Waals surface area contributed by atoms with Crippen LogP contribution < -0.4 is 0 Å². The van der Waals surface area contributed by atoms with E-state index in [2.05, 4.69) is 0 Å². The lowest BCUT2D eigenvalue weighted by molar-refractivity contribution is 0.112. The average Bonchev–Trinajstić information content (AvgIpc) is 2.35. The van der Waals surface area contributed by atoms with Gasteiger partial charge in [0.15, 0.2) is 6.29 Å². The van der Waals surface area contributed by atoms with E-state index in [1.165, 1.54) is 23.5 Å². The number of hydrogen-bond acceptors (Lipinski definition) is 4. The molecule has 1 rings (SSSR count). The van der Waals surface area contributed by atoms with Crippen LogP contribution in [0.1, 0.15) is 10.4 Å². The smallest absolute Gasteiger partial charge is 0.244 e. The number of carbonyl (C=O) groups excluding carboxylic acids is 1. The van der Waals surface area contributed by atoms with E-state index in [0.29, 0.717) is 19.4 Å². The summed E-state index contributed by atoms with van der Waals surface area (Å²) in [4.78, 5) is 12.7. The van der Waals surface area contributed by atoms with Crippen molar-refractivity contribution in [3.8, 4) is 0 Å². The maximum atomic E-state index is 12.4. The highest BCUT2D eigenvalue weighted by Crippen LogP contribution is 2.31. The summed E-state index contributed by atoms with van der Waals surface area (Å²) in [6.07, 6.45) is 0.448. The summed E-state index contributed by atoms with van der Waals surface area (Å²) in [5.74, 6) is 0. The van der Waals surface area contributed by atoms with Crippen LogP contribution in [0.5, 0.6) is 0 Å². The average molecular weight is 339 g/mol. The molecule has 0 aliphatic carbocycles. The van der Waals surface area contributed by atoms with E-state index in [1.807, 2.05) is 19.0 Å². The SMILES string of the molecule is CN(C)CCN(C)S(=O)(=O)c1ccc(Cl)c(C=O)c1Cl. The quantitative estimate of drug-likeness (QED) is 0.744. The topological polar surface area (TPSA) is 57.7 Å². The highest BCUT2D eigenvalue weighted by molar-refractivity contribution is 7.89. The maximum Gasteiger partial charge on any atom is 0.244 e. The molecule has 0 fully saturated rings. The van der Waals surface area contributed by atoms with Gasteiger partial charge in [-0.2, -0.15) is 4.31 Å². The minimum atomic E-state index is -3.76. The number of sulfonamides is 1. The normalized spacial score (nSPS) is 12.2. The number of benzene rings is 1. The van der Waals surface area contributed by atoms with Crippen LogP contribution in [-0.4, -0.2) is 58.1 Å². The molecule has 0 radical (unpaired) electrons. The van der Waals surface area contributed by atoms with E-state index in [0.717, 1.165) is 0 Å². The lowest BCUT2D eigenvalue weighted by Crippen LogP contribution is -2.33. The maximum absolute atomic E-state index is 12.4. The summed E-state index contributed by atoms with van der Waals surface area (Å²) in [6, 6.07) is 2.66. The molecule has 0 bridgehead atoms. The number of hydrogen-bond donors (Lipinski definition) is 0. The molecule has 20 heavy (non-hydrogen) atoms. The Bertz CT molecular complexity index is 603. The Morgan fingerprint density at radius 1 is 1.15 bits per heavy atom. The van der Waals surface area contributed by atoms with Crippen molar-refractivity contribution >= 4 is 39.5 Å². The zero-order chi connectivity index (χ0) is 15.5. The van der Waals surface area contributed by atoms with Gasteiger partial charge in [0.1, 0.15) is 4.90 Å². The molecule has 0 unspecified atom stereocenters. The second-order valence-corrected chi connectivity index (χ2v) is 7.32. The van der Waals surface area contributed by atoms with Gasteiger partial charge in [-0.1, -0.05) is 23.2 Å². The molecule has 0 aromatic heterocycles. The van der Waals surface area contributed by atoms with Gasteiger partial charge < -0.3 is 4.90 Å². The number of aldehydes is 1. The van der Waals surface area contributed by atoms with Crippen molar-refractivity contribution in [1.29, 1.82) is 0 Å². The van der Waals surface area contributed by atoms with E-state index in [-0.39, 0.29) is 20.5 Å². The van der Waals surface area contributed by atoms with Crippen molar-refractivity contribution in [2.24, 2.45) is 0 Å². The van der Waals surface area contributed by atoms with Gasteiger partial charge in [-0.25, -0.2) is 8.42 Å². The summed E-state index contributed by atoms with van der Waals surface area (Å²) in [5.41, 5.74) is -0.0181. The number of rotatable bonds is 6. The van der Waals surface area contributed by atoms with Gasteiger partial charge >= 0.3 is 0 Å². The van der Waals surface area contributed by atoms with Crippen molar-refractivity contribution in [2.45, 2.75) is 4.90 Å². The highest BCUT2D eigenvalue weighted by Gasteiger charge is 2.25. The second kappa shape index (κ2) is 6.87. The molecule has 0 spiro atoms. The van der Waals surface area contributed by atoms with Gasteiger partial charge in [0.25, 0.3) is 0 Å². The molecule has 112 valence electrons. The van der Waals surface area contributed by atoms with Crippen LogP contribution in [0.25, 0.3) is 0 Å². The van der Waals surface area contributed by atoms with E-state index < -0.39 is 10.0 Å². The number of likely N-dealkylation sites (N-methyl/N-ethyl adjacent to an activating group) is 2. The third-order valence-corrected chi connectivity index (χ3v) is 5.51. The number of halogens is 2. The molecule has 1 aromatic rings. The van der Waals surface area contributed by atoms with Crippen LogP contribution >= 0.6 is 23.2 Å². The van der Waals surface area contributed by atoms with Crippen LogP contribution in [0.4, 0.5) is 0 Å². The summed E-state index contributed by atoms with van der Waals surface area (Å²) in [7, 11) is 1.40. The van der Waals surface area contributed by atoms with Crippen LogP contribution in [0.15, 0.2) is 17.0 Å². The van der Waals surface area contributed by atoms with Crippen LogP contribution in [0.3, 0.4) is 0 Å². The van der Waals surface area contributed by atoms with Gasteiger partial charge in [-0.05, 0) is 26.2 Å². The van der Waals surface area contributed by atoms with Crippen molar-refractivity contribution in [3.63, 3.8) is 0 Å². The van der Waals surface area contributed by atoms with Gasteiger partial charge in [-0.3, -0.25) is 4.79 Å². The van der Waals surface area contributed by atoms with Crippen LogP contribution in [0, 0.1) is 0 Å². The van der Waals surface area contributed by atoms with E-state index >= 15 is 0 Å². The summed E-state index contributed by atoms with van der Waals surface area (Å²) >= 11 is 11.8. The molecule has 0 amide bonds. The first-order valence-electron chi connectivity index (χ1n) is 5.76. The van der Waals surface area contributed by atoms with Crippen LogP contribution in [0.2, 0.25) is 10.0 Å². The van der Waals surface area contributed by atoms with Crippen molar-refractivity contribution in [2.75, 3.05) is 34.2 Å². The van der Waals surface area contributed by atoms with Crippen molar-refractivity contribution < 1.29 is 13.2 Å². The number of carbonyl (C=O) groups is 1. The zero-order valence-electron chi connectivity index (χ0n) is 11.4. The van der Waals surface area contributed by atoms with Crippen LogP contribution in [-0.2, 0) is 10.0 Å². The third-order valence-electron chi connectivity index (χ3n) is 2.76. The molecule has 8 heteroatoms. The van der Waals surface area contributed by atoms with Crippen molar-refractivity contribution in [3.05, 3.63) is 27.7 Å². The summed E-state index contributed by atoms with van der Waals surface area (Å²) in [5, 5.41) is -0.0240. The number of nitrogens with zero attached hydrogens (tertiary/aromatic N) is 2. The monoisotopic (exact) mass is 338 g/mol. The van der Waals surface area contributed by atoms with Gasteiger partial charge in [0.2, 0.25) is 10.0 Å². The van der Waals surface area contributed by atoms with Gasteiger partial charge in [0.05, 0.1) is 15.6 Å². The Morgan fingerprint density at radius 3 is 2.25 bits per heavy atom.